The van der Waals surface area contributed by atoms with Gasteiger partial charge in [0.15, 0.2) is 0 Å². The molecule has 2 atom stereocenters. The van der Waals surface area contributed by atoms with E-state index < -0.39 is 0 Å². The van der Waals surface area contributed by atoms with Gasteiger partial charge in [-0.05, 0) is 58.0 Å². The normalized spacial score (nSPS) is 30.4. The molecule has 2 aliphatic rings. The number of rotatable bonds is 5. The van der Waals surface area contributed by atoms with E-state index in [0.29, 0.717) is 0 Å². The van der Waals surface area contributed by atoms with E-state index in [1.165, 1.54) is 51.7 Å². The molecule has 0 aromatic carbocycles. The maximum Gasteiger partial charge on any atom is 0.0195 e. The lowest BCUT2D eigenvalue weighted by Gasteiger charge is -2.37. The molecular weight excluding hydrogens is 184 g/mol. The lowest BCUT2D eigenvalue weighted by molar-refractivity contribution is 0.142. The molecule has 15 heavy (non-hydrogen) atoms. The van der Waals surface area contributed by atoms with Crippen LogP contribution in [0, 0.1) is 5.92 Å². The van der Waals surface area contributed by atoms with Crippen LogP contribution in [0.2, 0.25) is 0 Å². The highest BCUT2D eigenvalue weighted by molar-refractivity contribution is 4.83. The number of hydrogen-bond donors (Lipinski definition) is 1. The van der Waals surface area contributed by atoms with E-state index >= 15 is 0 Å². The average Bonchev–Trinajstić information content (AvgIpc) is 3.09. The average molecular weight is 210 g/mol. The molecule has 0 aromatic rings. The van der Waals surface area contributed by atoms with Crippen molar-refractivity contribution < 1.29 is 0 Å². The maximum atomic E-state index is 3.75. The van der Waals surface area contributed by atoms with Crippen molar-refractivity contribution in [3.05, 3.63) is 0 Å². The Labute approximate surface area is 94.4 Å². The van der Waals surface area contributed by atoms with Crippen molar-refractivity contribution >= 4 is 0 Å². The Kier molecular flexibility index (Phi) is 4.04. The van der Waals surface area contributed by atoms with Crippen molar-refractivity contribution in [3.8, 4) is 0 Å². The molecule has 2 nitrogen and oxygen atoms in total. The van der Waals surface area contributed by atoms with Crippen LogP contribution >= 0.6 is 0 Å². The first-order valence-electron chi connectivity index (χ1n) is 6.77. The Bertz CT molecular complexity index is 189. The van der Waals surface area contributed by atoms with Crippen LogP contribution in [0.1, 0.15) is 46.0 Å². The Morgan fingerprint density at radius 1 is 1.33 bits per heavy atom. The van der Waals surface area contributed by atoms with Crippen molar-refractivity contribution in [2.24, 2.45) is 5.92 Å². The summed E-state index contributed by atoms with van der Waals surface area (Å²) in [6.45, 7) is 8.53. The highest BCUT2D eigenvalue weighted by Crippen LogP contribution is 2.28. The van der Waals surface area contributed by atoms with Crippen molar-refractivity contribution in [3.63, 3.8) is 0 Å². The number of likely N-dealkylation sites (tertiary alicyclic amines) is 1. The summed E-state index contributed by atoms with van der Waals surface area (Å²) in [5.74, 6) is 1.02. The Morgan fingerprint density at radius 3 is 2.80 bits per heavy atom. The summed E-state index contributed by atoms with van der Waals surface area (Å²) in [4.78, 5) is 2.66. The molecule has 0 spiro atoms. The van der Waals surface area contributed by atoms with Crippen LogP contribution in [0.15, 0.2) is 0 Å². The lowest BCUT2D eigenvalue weighted by atomic mass is 10.0. The summed E-state index contributed by atoms with van der Waals surface area (Å²) >= 11 is 0. The zero-order chi connectivity index (χ0) is 10.7. The van der Waals surface area contributed by atoms with Gasteiger partial charge >= 0.3 is 0 Å². The summed E-state index contributed by atoms with van der Waals surface area (Å²) in [6, 6.07) is 1.55. The number of nitrogens with one attached hydrogen (secondary N) is 1. The fraction of sp³-hybridized carbons (Fsp3) is 1.00. The van der Waals surface area contributed by atoms with E-state index in [4.69, 9.17) is 0 Å². The minimum atomic E-state index is 0.772. The zero-order valence-corrected chi connectivity index (χ0v) is 10.3. The van der Waals surface area contributed by atoms with E-state index in [-0.39, 0.29) is 0 Å². The van der Waals surface area contributed by atoms with Gasteiger partial charge in [-0.2, -0.15) is 0 Å². The standard InChI is InChI=1S/C13H26N2/c1-3-11(2)15-8-4-5-13(10-15)14-9-12-6-7-12/h11-14H,3-10H2,1-2H3. The Hall–Kier alpha value is -0.0800. The Morgan fingerprint density at radius 2 is 2.13 bits per heavy atom. The third-order valence-electron chi connectivity index (χ3n) is 4.06. The van der Waals surface area contributed by atoms with Gasteiger partial charge in [0.25, 0.3) is 0 Å². The van der Waals surface area contributed by atoms with Crippen LogP contribution in [0.3, 0.4) is 0 Å². The minimum absolute atomic E-state index is 0.772. The largest absolute Gasteiger partial charge is 0.312 e. The summed E-state index contributed by atoms with van der Waals surface area (Å²) in [7, 11) is 0. The second kappa shape index (κ2) is 5.31. The van der Waals surface area contributed by atoms with Gasteiger partial charge in [-0.1, -0.05) is 6.92 Å². The lowest BCUT2D eigenvalue weighted by Crippen LogP contribution is -2.49. The minimum Gasteiger partial charge on any atom is -0.312 e. The fourth-order valence-corrected chi connectivity index (χ4v) is 2.49. The molecule has 1 heterocycles. The van der Waals surface area contributed by atoms with Crippen molar-refractivity contribution in [1.29, 1.82) is 0 Å². The molecule has 2 heteroatoms. The van der Waals surface area contributed by atoms with Gasteiger partial charge in [0, 0.05) is 18.6 Å². The van der Waals surface area contributed by atoms with Gasteiger partial charge < -0.3 is 5.32 Å². The summed E-state index contributed by atoms with van der Waals surface area (Å²) in [6.07, 6.45) is 6.99. The van der Waals surface area contributed by atoms with Crippen LogP contribution in [0.4, 0.5) is 0 Å². The van der Waals surface area contributed by atoms with E-state index in [0.717, 1.165) is 18.0 Å². The molecule has 2 rings (SSSR count). The van der Waals surface area contributed by atoms with E-state index in [1.54, 1.807) is 0 Å². The van der Waals surface area contributed by atoms with E-state index in [2.05, 4.69) is 24.1 Å². The van der Waals surface area contributed by atoms with Gasteiger partial charge in [0.1, 0.15) is 0 Å². The number of hydrogen-bond acceptors (Lipinski definition) is 2. The molecule has 1 N–H and O–H groups in total. The molecule has 88 valence electrons. The number of nitrogens with zero attached hydrogens (tertiary/aromatic N) is 1. The predicted octanol–water partition coefficient (Wildman–Crippen LogP) is 2.25. The van der Waals surface area contributed by atoms with Gasteiger partial charge in [0.2, 0.25) is 0 Å². The first-order chi connectivity index (χ1) is 7.29. The second-order valence-corrected chi connectivity index (χ2v) is 5.44. The van der Waals surface area contributed by atoms with Gasteiger partial charge in [-0.15, -0.1) is 0 Å². The first-order valence-corrected chi connectivity index (χ1v) is 6.77. The van der Waals surface area contributed by atoms with Gasteiger partial charge in [-0.25, -0.2) is 0 Å². The molecule has 0 aromatic heterocycles. The summed E-state index contributed by atoms with van der Waals surface area (Å²) in [5.41, 5.74) is 0. The smallest absolute Gasteiger partial charge is 0.0195 e. The highest BCUT2D eigenvalue weighted by atomic mass is 15.2. The SMILES string of the molecule is CCC(C)N1CCCC(NCC2CC2)C1. The van der Waals surface area contributed by atoms with Crippen LogP contribution < -0.4 is 5.32 Å². The summed E-state index contributed by atoms with van der Waals surface area (Å²) in [5, 5.41) is 3.75. The molecule has 2 unspecified atom stereocenters. The quantitative estimate of drug-likeness (QED) is 0.749. The van der Waals surface area contributed by atoms with Crippen molar-refractivity contribution in [2.45, 2.75) is 58.0 Å². The second-order valence-electron chi connectivity index (χ2n) is 5.44. The van der Waals surface area contributed by atoms with Crippen LogP contribution in [-0.2, 0) is 0 Å². The van der Waals surface area contributed by atoms with Crippen LogP contribution in [0.25, 0.3) is 0 Å². The molecule has 0 amide bonds. The third-order valence-corrected chi connectivity index (χ3v) is 4.06. The van der Waals surface area contributed by atoms with Gasteiger partial charge in [0.05, 0.1) is 0 Å². The zero-order valence-electron chi connectivity index (χ0n) is 10.3. The van der Waals surface area contributed by atoms with Crippen molar-refractivity contribution in [2.75, 3.05) is 19.6 Å². The molecule has 1 aliphatic heterocycles. The maximum absolute atomic E-state index is 3.75. The topological polar surface area (TPSA) is 15.3 Å². The number of piperidine rings is 1. The summed E-state index contributed by atoms with van der Waals surface area (Å²) < 4.78 is 0. The molecule has 0 bridgehead atoms. The molecule has 1 saturated carbocycles. The molecule has 1 aliphatic carbocycles. The monoisotopic (exact) mass is 210 g/mol. The Balaban J connectivity index is 1.70. The van der Waals surface area contributed by atoms with Crippen molar-refractivity contribution in [1.82, 2.24) is 10.2 Å². The first kappa shape index (κ1) is 11.4. The highest BCUT2D eigenvalue weighted by Gasteiger charge is 2.25. The molecule has 0 radical (unpaired) electrons. The van der Waals surface area contributed by atoms with Crippen LogP contribution in [-0.4, -0.2) is 36.6 Å². The fourth-order valence-electron chi connectivity index (χ4n) is 2.49. The van der Waals surface area contributed by atoms with Crippen LogP contribution in [0.5, 0.6) is 0 Å². The molecular formula is C13H26N2. The van der Waals surface area contributed by atoms with Gasteiger partial charge in [-0.3, -0.25) is 4.90 Å². The van der Waals surface area contributed by atoms with E-state index in [1.807, 2.05) is 0 Å². The molecule has 2 fully saturated rings. The third kappa shape index (κ3) is 3.46. The molecule has 1 saturated heterocycles. The van der Waals surface area contributed by atoms with E-state index in [9.17, 15) is 0 Å². The predicted molar refractivity (Wildman–Crippen MR) is 65.1 cm³/mol.